The zero-order valence-corrected chi connectivity index (χ0v) is 33.4. The van der Waals surface area contributed by atoms with Crippen molar-refractivity contribution in [1.82, 2.24) is 28.2 Å². The number of phenolic OH excluding ortho intramolecular Hbond substituents is 1. The first-order valence-electron chi connectivity index (χ1n) is 17.7. The highest BCUT2D eigenvalue weighted by Crippen LogP contribution is 2.29. The standard InChI is InChI=1S/C19H18F3N3O4.C12H14BrN3O2.C7H5F3O2/c1-3-4-8-25-17(26)15-10-14(11-23-16(15)24(2)18(25)27)28-12-6-5-7-13(9-12)29-19(20,21)22;1-3-4-5-16-11(17)9-6-8(13)7-14-10(9)15(2)12(16)18;8-7(9,10)12-6-3-1-2-5(11)4-6/h5-7,9-11H,3-4,8H2,1-2H3;6-7H,3-5H2,1-2H3;1-4,11H. The van der Waals surface area contributed by atoms with Crippen LogP contribution < -0.4 is 36.7 Å². The first kappa shape index (κ1) is 45.6. The Balaban J connectivity index is 0.000000217. The number of rotatable bonds is 10. The van der Waals surface area contributed by atoms with Gasteiger partial charge in [-0.05, 0) is 65.2 Å². The molecule has 316 valence electrons. The summed E-state index contributed by atoms with van der Waals surface area (Å²) in [4.78, 5) is 57.7. The number of aromatic nitrogens is 6. The van der Waals surface area contributed by atoms with Crippen molar-refractivity contribution in [2.45, 2.75) is 65.3 Å². The summed E-state index contributed by atoms with van der Waals surface area (Å²) in [6.45, 7) is 4.69. The Hall–Kier alpha value is -6.12. The van der Waals surface area contributed by atoms with E-state index < -0.39 is 35.5 Å². The second-order valence-corrected chi connectivity index (χ2v) is 13.5. The van der Waals surface area contributed by atoms with Crippen LogP contribution in [0.5, 0.6) is 28.7 Å². The third kappa shape index (κ3) is 12.4. The van der Waals surface area contributed by atoms with E-state index in [0.29, 0.717) is 24.0 Å². The lowest BCUT2D eigenvalue weighted by Crippen LogP contribution is -2.39. The molecule has 0 saturated carbocycles. The van der Waals surface area contributed by atoms with Crippen LogP contribution in [0.25, 0.3) is 22.1 Å². The average molecular weight is 900 g/mol. The van der Waals surface area contributed by atoms with Crippen molar-refractivity contribution in [3.05, 3.63) is 119 Å². The van der Waals surface area contributed by atoms with E-state index in [4.69, 9.17) is 9.84 Å². The molecule has 6 rings (SSSR count). The van der Waals surface area contributed by atoms with Crippen molar-refractivity contribution in [2.24, 2.45) is 14.1 Å². The van der Waals surface area contributed by atoms with Crippen LogP contribution in [-0.2, 0) is 27.2 Å². The highest BCUT2D eigenvalue weighted by Gasteiger charge is 2.32. The van der Waals surface area contributed by atoms with E-state index in [9.17, 15) is 45.5 Å². The molecule has 0 saturated heterocycles. The molecule has 4 heterocycles. The zero-order valence-electron chi connectivity index (χ0n) is 31.8. The highest BCUT2D eigenvalue weighted by molar-refractivity contribution is 9.10. The zero-order chi connectivity index (χ0) is 43.7. The van der Waals surface area contributed by atoms with Crippen LogP contribution in [0.3, 0.4) is 0 Å². The molecule has 14 nitrogen and oxygen atoms in total. The molecule has 0 spiro atoms. The molecule has 59 heavy (non-hydrogen) atoms. The fraction of sp³-hybridized carbons (Fsp3) is 0.316. The van der Waals surface area contributed by atoms with Crippen LogP contribution in [0.4, 0.5) is 26.3 Å². The van der Waals surface area contributed by atoms with Gasteiger partial charge in [-0.2, -0.15) is 0 Å². The molecule has 0 fully saturated rings. The van der Waals surface area contributed by atoms with Gasteiger partial charge in [0.1, 0.15) is 40.0 Å². The third-order valence-corrected chi connectivity index (χ3v) is 8.53. The third-order valence-electron chi connectivity index (χ3n) is 8.09. The van der Waals surface area contributed by atoms with Gasteiger partial charge in [-0.3, -0.25) is 27.9 Å². The monoisotopic (exact) mass is 898 g/mol. The Morgan fingerprint density at radius 2 is 1.10 bits per heavy atom. The SMILES string of the molecule is CCCCn1c(=O)c2cc(Br)cnc2n(C)c1=O.CCCCn1c(=O)c2cc(Oc3cccc(OC(F)(F)F)c3)cnc2n(C)c1=O.Oc1cccc(OC(F)(F)F)c1. The number of benzene rings is 2. The molecular weight excluding hydrogens is 862 g/mol. The van der Waals surface area contributed by atoms with Crippen molar-refractivity contribution in [2.75, 3.05) is 0 Å². The topological polar surface area (TPSA) is 162 Å². The average Bonchev–Trinajstić information content (AvgIpc) is 3.15. The number of hydrogen-bond donors (Lipinski definition) is 1. The van der Waals surface area contributed by atoms with Crippen LogP contribution in [0.2, 0.25) is 0 Å². The van der Waals surface area contributed by atoms with Crippen molar-refractivity contribution >= 4 is 38.0 Å². The summed E-state index contributed by atoms with van der Waals surface area (Å²) < 4.78 is 90.6. The summed E-state index contributed by atoms with van der Waals surface area (Å²) in [5.41, 5.74) is -0.931. The van der Waals surface area contributed by atoms with Crippen LogP contribution in [0.1, 0.15) is 39.5 Å². The molecular formula is C38H37BrF6N6O8. The maximum Gasteiger partial charge on any atom is 0.573 e. The van der Waals surface area contributed by atoms with Gasteiger partial charge >= 0.3 is 24.1 Å². The molecule has 0 bridgehead atoms. The van der Waals surface area contributed by atoms with Gasteiger partial charge in [-0.25, -0.2) is 19.6 Å². The van der Waals surface area contributed by atoms with Gasteiger partial charge in [0.25, 0.3) is 11.1 Å². The van der Waals surface area contributed by atoms with E-state index in [2.05, 4.69) is 35.4 Å². The number of unbranched alkanes of at least 4 members (excludes halogenated alkanes) is 2. The quantitative estimate of drug-likeness (QED) is 0.136. The van der Waals surface area contributed by atoms with Crippen LogP contribution in [0, 0.1) is 0 Å². The minimum atomic E-state index is -4.82. The van der Waals surface area contributed by atoms with Crippen molar-refractivity contribution in [3.63, 3.8) is 0 Å². The fourth-order valence-corrected chi connectivity index (χ4v) is 5.69. The van der Waals surface area contributed by atoms with Gasteiger partial charge in [0, 0.05) is 50.0 Å². The largest absolute Gasteiger partial charge is 0.573 e. The second-order valence-electron chi connectivity index (χ2n) is 12.5. The van der Waals surface area contributed by atoms with Gasteiger partial charge in [0.15, 0.2) is 0 Å². The minimum absolute atomic E-state index is 0.0732. The number of ether oxygens (including phenoxy) is 3. The number of aromatic hydroxyl groups is 1. The molecule has 0 aliphatic rings. The summed E-state index contributed by atoms with van der Waals surface area (Å²) in [5, 5.41) is 9.39. The van der Waals surface area contributed by atoms with Crippen molar-refractivity contribution < 1.29 is 45.7 Å². The van der Waals surface area contributed by atoms with Crippen molar-refractivity contribution in [3.8, 4) is 28.7 Å². The molecule has 0 atom stereocenters. The maximum atomic E-state index is 12.7. The Labute approximate surface area is 338 Å². The highest BCUT2D eigenvalue weighted by atomic mass is 79.9. The van der Waals surface area contributed by atoms with Crippen molar-refractivity contribution in [1.29, 1.82) is 0 Å². The summed E-state index contributed by atoms with van der Waals surface area (Å²) in [6, 6.07) is 12.6. The van der Waals surface area contributed by atoms with E-state index in [1.165, 1.54) is 57.3 Å². The predicted octanol–water partition coefficient (Wildman–Crippen LogP) is 7.53. The van der Waals surface area contributed by atoms with Crippen LogP contribution in [0.15, 0.2) is 96.7 Å². The molecule has 0 unspecified atom stereocenters. The Morgan fingerprint density at radius 1 is 0.644 bits per heavy atom. The van der Waals surface area contributed by atoms with E-state index in [1.807, 2.05) is 13.8 Å². The molecule has 6 aromatic rings. The second kappa shape index (κ2) is 19.6. The fourth-order valence-electron chi connectivity index (χ4n) is 5.36. The molecule has 0 aliphatic heterocycles. The van der Waals surface area contributed by atoms with Gasteiger partial charge in [-0.15, -0.1) is 26.3 Å². The maximum absolute atomic E-state index is 12.7. The predicted molar refractivity (Wildman–Crippen MR) is 208 cm³/mol. The lowest BCUT2D eigenvalue weighted by Gasteiger charge is -2.12. The molecule has 21 heteroatoms. The molecule has 0 amide bonds. The molecule has 1 N–H and O–H groups in total. The van der Waals surface area contributed by atoms with E-state index in [-0.39, 0.29) is 46.1 Å². The first-order chi connectivity index (χ1) is 27.7. The summed E-state index contributed by atoms with van der Waals surface area (Å²) in [6.07, 6.45) is -3.45. The number of fused-ring (bicyclic) bond motifs is 2. The lowest BCUT2D eigenvalue weighted by molar-refractivity contribution is -0.275. The molecule has 4 aromatic heterocycles. The first-order valence-corrected chi connectivity index (χ1v) is 18.4. The number of nitrogens with zero attached hydrogens (tertiary/aromatic N) is 6. The smallest absolute Gasteiger partial charge is 0.508 e. The Kier molecular flexibility index (Phi) is 15.1. The normalized spacial score (nSPS) is 11.4. The number of alkyl halides is 6. The number of phenols is 1. The molecule has 0 radical (unpaired) electrons. The van der Waals surface area contributed by atoms with Crippen LogP contribution >= 0.6 is 15.9 Å². The van der Waals surface area contributed by atoms with Crippen LogP contribution in [-0.4, -0.2) is 46.1 Å². The summed E-state index contributed by atoms with van der Waals surface area (Å²) in [7, 11) is 3.14. The number of pyridine rings is 2. The minimum Gasteiger partial charge on any atom is -0.508 e. The summed E-state index contributed by atoms with van der Waals surface area (Å²) in [5.74, 6) is -0.921. The van der Waals surface area contributed by atoms with E-state index in [1.54, 1.807) is 19.3 Å². The van der Waals surface area contributed by atoms with Gasteiger partial charge in [0.05, 0.1) is 17.0 Å². The lowest BCUT2D eigenvalue weighted by atomic mass is 10.3. The number of aryl methyl sites for hydroxylation is 2. The van der Waals surface area contributed by atoms with E-state index in [0.717, 1.165) is 52.6 Å². The van der Waals surface area contributed by atoms with E-state index >= 15 is 0 Å². The number of hydrogen-bond acceptors (Lipinski definition) is 10. The van der Waals surface area contributed by atoms with Gasteiger partial charge < -0.3 is 19.3 Å². The summed E-state index contributed by atoms with van der Waals surface area (Å²) >= 11 is 3.29. The number of halogens is 7. The Bertz CT molecular complexity index is 2660. The van der Waals surface area contributed by atoms with Gasteiger partial charge in [-0.1, -0.05) is 38.8 Å². The molecule has 2 aromatic carbocycles. The van der Waals surface area contributed by atoms with Gasteiger partial charge in [0.2, 0.25) is 0 Å². The Morgan fingerprint density at radius 3 is 1.59 bits per heavy atom. The molecule has 0 aliphatic carbocycles.